The van der Waals surface area contributed by atoms with Crippen LogP contribution in [0.2, 0.25) is 5.02 Å². The molecule has 2 N–H and O–H groups in total. The van der Waals surface area contributed by atoms with Crippen molar-refractivity contribution in [3.05, 3.63) is 101 Å². The quantitative estimate of drug-likeness (QED) is 0.507. The second-order valence-electron chi connectivity index (χ2n) is 8.46. The Balaban J connectivity index is 1.59. The first-order valence-electron chi connectivity index (χ1n) is 11.4. The average molecular weight is 491 g/mol. The third kappa shape index (κ3) is 6.07. The summed E-state index contributed by atoms with van der Waals surface area (Å²) >= 11 is 6.18. The molecule has 3 amide bonds. The van der Waals surface area contributed by atoms with Gasteiger partial charge in [0.15, 0.2) is 5.78 Å². The normalized spacial score (nSPS) is 14.7. The second kappa shape index (κ2) is 11.2. The number of nitrogens with zero attached hydrogens (tertiary/aromatic N) is 2. The van der Waals surface area contributed by atoms with Crippen molar-refractivity contribution in [2.24, 2.45) is 0 Å². The monoisotopic (exact) mass is 490 g/mol. The Morgan fingerprint density at radius 2 is 1.49 bits per heavy atom. The van der Waals surface area contributed by atoms with E-state index in [1.807, 2.05) is 31.3 Å². The molecule has 1 atom stereocenters. The van der Waals surface area contributed by atoms with E-state index in [9.17, 15) is 14.4 Å². The van der Waals surface area contributed by atoms with Gasteiger partial charge in [-0.05, 0) is 30.8 Å². The van der Waals surface area contributed by atoms with Gasteiger partial charge in [-0.25, -0.2) is 4.79 Å². The Kier molecular flexibility index (Phi) is 7.80. The second-order valence-corrected chi connectivity index (χ2v) is 8.89. The zero-order chi connectivity index (χ0) is 24.8. The maximum absolute atomic E-state index is 13.5. The van der Waals surface area contributed by atoms with Crippen molar-refractivity contribution in [1.82, 2.24) is 15.1 Å². The SMILES string of the molecule is CN1CCN(C(=O)N[C@@H](C(=O)Nc2ccc(Cl)cc2C(=O)c2ccccc2)c2ccccc2)CC1. The van der Waals surface area contributed by atoms with Crippen molar-refractivity contribution >= 4 is 35.0 Å². The van der Waals surface area contributed by atoms with Gasteiger partial charge in [-0.2, -0.15) is 0 Å². The summed E-state index contributed by atoms with van der Waals surface area (Å²) in [7, 11) is 2.01. The lowest BCUT2D eigenvalue weighted by atomic mass is 10.0. The van der Waals surface area contributed by atoms with Crippen LogP contribution in [-0.4, -0.2) is 60.7 Å². The molecule has 4 rings (SSSR count). The molecule has 0 unspecified atom stereocenters. The van der Waals surface area contributed by atoms with Crippen molar-refractivity contribution in [2.75, 3.05) is 38.5 Å². The molecule has 0 radical (unpaired) electrons. The summed E-state index contributed by atoms with van der Waals surface area (Å²) < 4.78 is 0. The maximum atomic E-state index is 13.5. The molecule has 1 saturated heterocycles. The van der Waals surface area contributed by atoms with Gasteiger partial charge in [0.1, 0.15) is 6.04 Å². The number of rotatable bonds is 6. The summed E-state index contributed by atoms with van der Waals surface area (Å²) in [5.41, 5.74) is 1.71. The summed E-state index contributed by atoms with van der Waals surface area (Å²) in [6, 6.07) is 21.3. The number of urea groups is 1. The number of hydrogen-bond acceptors (Lipinski definition) is 4. The third-order valence-corrected chi connectivity index (χ3v) is 6.21. The van der Waals surface area contributed by atoms with Gasteiger partial charge in [-0.3, -0.25) is 9.59 Å². The fraction of sp³-hybridized carbons (Fsp3) is 0.222. The van der Waals surface area contributed by atoms with Crippen molar-refractivity contribution in [3.8, 4) is 0 Å². The van der Waals surface area contributed by atoms with Gasteiger partial charge in [0.25, 0.3) is 5.91 Å². The molecule has 35 heavy (non-hydrogen) atoms. The van der Waals surface area contributed by atoms with E-state index in [1.54, 1.807) is 53.4 Å². The van der Waals surface area contributed by atoms with Crippen LogP contribution in [-0.2, 0) is 4.79 Å². The number of piperazine rings is 1. The van der Waals surface area contributed by atoms with E-state index >= 15 is 0 Å². The number of carbonyl (C=O) groups excluding carboxylic acids is 3. The van der Waals surface area contributed by atoms with Crippen LogP contribution in [0.25, 0.3) is 0 Å². The number of hydrogen-bond donors (Lipinski definition) is 2. The lowest BCUT2D eigenvalue weighted by Gasteiger charge is -2.33. The molecule has 180 valence electrons. The van der Waals surface area contributed by atoms with E-state index < -0.39 is 11.9 Å². The number of halogens is 1. The number of anilines is 1. The predicted octanol–water partition coefficient (Wildman–Crippen LogP) is 4.21. The molecule has 1 fully saturated rings. The van der Waals surface area contributed by atoms with Crippen LogP contribution < -0.4 is 10.6 Å². The topological polar surface area (TPSA) is 81.8 Å². The van der Waals surface area contributed by atoms with Crippen molar-refractivity contribution in [3.63, 3.8) is 0 Å². The lowest BCUT2D eigenvalue weighted by molar-refractivity contribution is -0.118. The molecule has 3 aromatic rings. The van der Waals surface area contributed by atoms with Gasteiger partial charge in [-0.1, -0.05) is 72.3 Å². The minimum atomic E-state index is -0.946. The number of amides is 3. The molecular formula is C27H27ClN4O3. The minimum absolute atomic E-state index is 0.263. The van der Waals surface area contributed by atoms with Crippen molar-refractivity contribution in [2.45, 2.75) is 6.04 Å². The first kappa shape index (κ1) is 24.4. The molecule has 0 bridgehead atoms. The summed E-state index contributed by atoms with van der Waals surface area (Å²) in [6.07, 6.45) is 0. The van der Waals surface area contributed by atoms with E-state index in [0.717, 1.165) is 13.1 Å². The Morgan fingerprint density at radius 3 is 2.14 bits per heavy atom. The predicted molar refractivity (Wildman–Crippen MR) is 137 cm³/mol. The zero-order valence-corrected chi connectivity index (χ0v) is 20.2. The Hall–Kier alpha value is -3.68. The first-order chi connectivity index (χ1) is 16.9. The van der Waals surface area contributed by atoms with E-state index in [-0.39, 0.29) is 17.4 Å². The van der Waals surface area contributed by atoms with Crippen LogP contribution >= 0.6 is 11.6 Å². The standard InChI is InChI=1S/C27H27ClN4O3/c1-31-14-16-32(17-15-31)27(35)30-24(19-8-4-2-5-9-19)26(34)29-23-13-12-21(28)18-22(23)25(33)20-10-6-3-7-11-20/h2-13,18,24H,14-17H2,1H3,(H,29,34)(H,30,35)/t24-/m1/s1. The Labute approximate surface area is 209 Å². The van der Waals surface area contributed by atoms with E-state index in [2.05, 4.69) is 15.5 Å². The summed E-state index contributed by atoms with van der Waals surface area (Å²) in [5, 5.41) is 6.10. The number of ketones is 1. The van der Waals surface area contributed by atoms with Crippen LogP contribution in [0.3, 0.4) is 0 Å². The molecule has 0 saturated carbocycles. The van der Waals surface area contributed by atoms with Gasteiger partial charge < -0.3 is 20.4 Å². The molecule has 8 heteroatoms. The Bertz CT molecular complexity index is 1200. The highest BCUT2D eigenvalue weighted by atomic mass is 35.5. The molecule has 7 nitrogen and oxygen atoms in total. The van der Waals surface area contributed by atoms with Gasteiger partial charge in [0.05, 0.1) is 5.69 Å². The molecule has 0 spiro atoms. The minimum Gasteiger partial charge on any atom is -0.323 e. The molecule has 0 aliphatic carbocycles. The highest BCUT2D eigenvalue weighted by molar-refractivity contribution is 6.31. The number of likely N-dealkylation sites (N-methyl/N-ethyl adjacent to an activating group) is 1. The fourth-order valence-electron chi connectivity index (χ4n) is 3.93. The zero-order valence-electron chi connectivity index (χ0n) is 19.4. The molecular weight excluding hydrogens is 464 g/mol. The van der Waals surface area contributed by atoms with Gasteiger partial charge in [0, 0.05) is 42.3 Å². The van der Waals surface area contributed by atoms with Gasteiger partial charge in [-0.15, -0.1) is 0 Å². The van der Waals surface area contributed by atoms with Crippen LogP contribution in [0.4, 0.5) is 10.5 Å². The molecule has 1 aliphatic rings. The van der Waals surface area contributed by atoms with Crippen LogP contribution in [0.15, 0.2) is 78.9 Å². The van der Waals surface area contributed by atoms with Gasteiger partial charge >= 0.3 is 6.03 Å². The van der Waals surface area contributed by atoms with Crippen LogP contribution in [0.5, 0.6) is 0 Å². The molecule has 1 heterocycles. The summed E-state index contributed by atoms with van der Waals surface area (Å²) in [4.78, 5) is 43.5. The molecule has 1 aliphatic heterocycles. The van der Waals surface area contributed by atoms with Crippen LogP contribution in [0.1, 0.15) is 27.5 Å². The first-order valence-corrected chi connectivity index (χ1v) is 11.8. The van der Waals surface area contributed by atoms with E-state index in [1.165, 1.54) is 6.07 Å². The smallest absolute Gasteiger partial charge is 0.318 e. The van der Waals surface area contributed by atoms with Crippen molar-refractivity contribution in [1.29, 1.82) is 0 Å². The Morgan fingerprint density at radius 1 is 0.857 bits per heavy atom. The lowest BCUT2D eigenvalue weighted by Crippen LogP contribution is -2.52. The third-order valence-electron chi connectivity index (χ3n) is 5.97. The molecule has 3 aromatic carbocycles. The number of nitrogens with one attached hydrogen (secondary N) is 2. The largest absolute Gasteiger partial charge is 0.323 e. The highest BCUT2D eigenvalue weighted by Crippen LogP contribution is 2.25. The summed E-state index contributed by atoms with van der Waals surface area (Å²) in [5.74, 6) is -0.718. The van der Waals surface area contributed by atoms with E-state index in [4.69, 9.17) is 11.6 Å². The van der Waals surface area contributed by atoms with E-state index in [0.29, 0.717) is 34.9 Å². The van der Waals surface area contributed by atoms with Crippen molar-refractivity contribution < 1.29 is 14.4 Å². The average Bonchev–Trinajstić information content (AvgIpc) is 2.89. The molecule has 0 aromatic heterocycles. The maximum Gasteiger partial charge on any atom is 0.318 e. The fourth-order valence-corrected chi connectivity index (χ4v) is 4.11. The number of carbonyl (C=O) groups is 3. The summed E-state index contributed by atoms with van der Waals surface area (Å²) in [6.45, 7) is 2.70. The van der Waals surface area contributed by atoms with Crippen LogP contribution in [0, 0.1) is 0 Å². The highest BCUT2D eigenvalue weighted by Gasteiger charge is 2.28. The van der Waals surface area contributed by atoms with Gasteiger partial charge in [0.2, 0.25) is 0 Å². The number of benzene rings is 3.